The Morgan fingerprint density at radius 3 is 0.864 bits per heavy atom. The first kappa shape index (κ1) is 86.1. The van der Waals surface area contributed by atoms with E-state index in [1.54, 1.807) is 0 Å². The average Bonchev–Trinajstić information content (AvgIpc) is 3.58. The lowest BCUT2D eigenvalue weighted by atomic mass is 9.99. The summed E-state index contributed by atoms with van der Waals surface area (Å²) in [6.07, 6.45) is 45.8. The van der Waals surface area contributed by atoms with Gasteiger partial charge in [-0.2, -0.15) is 0 Å². The first-order chi connectivity index (χ1) is 42.4. The Morgan fingerprint density at radius 2 is 0.580 bits per heavy atom. The smallest absolute Gasteiger partial charge is 0.462 e. The van der Waals surface area contributed by atoms with E-state index in [-0.39, 0.29) is 25.7 Å². The highest BCUT2D eigenvalue weighted by Crippen LogP contribution is 2.45. The van der Waals surface area contributed by atoms with E-state index >= 15 is 0 Å². The van der Waals surface area contributed by atoms with Gasteiger partial charge in [-0.15, -0.1) is 0 Å². The van der Waals surface area contributed by atoms with Crippen LogP contribution in [0.3, 0.4) is 0 Å². The minimum Gasteiger partial charge on any atom is -0.462 e. The van der Waals surface area contributed by atoms with Crippen molar-refractivity contribution in [3.05, 3.63) is 0 Å². The minimum absolute atomic E-state index is 0.103. The van der Waals surface area contributed by atoms with Crippen LogP contribution in [-0.4, -0.2) is 96.7 Å². The van der Waals surface area contributed by atoms with Crippen LogP contribution in [0.5, 0.6) is 0 Å². The molecule has 0 aromatic rings. The van der Waals surface area contributed by atoms with E-state index in [0.29, 0.717) is 31.6 Å². The number of aliphatic hydroxyl groups is 1. The maximum Gasteiger partial charge on any atom is 0.472 e. The van der Waals surface area contributed by atoms with Gasteiger partial charge in [0.05, 0.1) is 26.4 Å². The predicted molar refractivity (Wildman–Crippen MR) is 354 cm³/mol. The number of phosphoric ester groups is 2. The lowest BCUT2D eigenvalue weighted by molar-refractivity contribution is -0.161. The molecular formula is C69H134O17P2. The Labute approximate surface area is 537 Å². The summed E-state index contributed by atoms with van der Waals surface area (Å²) >= 11 is 0. The number of phosphoric acid groups is 2. The monoisotopic (exact) mass is 1300 g/mol. The Kier molecular flexibility index (Phi) is 59.9. The van der Waals surface area contributed by atoms with E-state index < -0.39 is 97.5 Å². The second kappa shape index (κ2) is 61.3. The summed E-state index contributed by atoms with van der Waals surface area (Å²) in [4.78, 5) is 72.4. The van der Waals surface area contributed by atoms with Gasteiger partial charge in [-0.3, -0.25) is 37.3 Å². The van der Waals surface area contributed by atoms with Crippen LogP contribution in [0.15, 0.2) is 0 Å². The van der Waals surface area contributed by atoms with E-state index in [9.17, 15) is 43.2 Å². The number of aliphatic hydroxyl groups excluding tert-OH is 1. The average molecular weight is 1300 g/mol. The van der Waals surface area contributed by atoms with Crippen LogP contribution in [0, 0.1) is 11.8 Å². The second-order valence-electron chi connectivity index (χ2n) is 25.6. The van der Waals surface area contributed by atoms with Crippen molar-refractivity contribution in [3.63, 3.8) is 0 Å². The summed E-state index contributed by atoms with van der Waals surface area (Å²) in [5.41, 5.74) is 0. The second-order valence-corrected chi connectivity index (χ2v) is 28.5. The molecule has 522 valence electrons. The van der Waals surface area contributed by atoms with Crippen molar-refractivity contribution in [1.29, 1.82) is 0 Å². The summed E-state index contributed by atoms with van der Waals surface area (Å²) in [7, 11) is -9.90. The molecule has 17 nitrogen and oxygen atoms in total. The van der Waals surface area contributed by atoms with Gasteiger partial charge in [-0.1, -0.05) is 298 Å². The predicted octanol–water partition coefficient (Wildman–Crippen LogP) is 19.6. The van der Waals surface area contributed by atoms with Gasteiger partial charge in [0.2, 0.25) is 0 Å². The Hall–Kier alpha value is -1.94. The van der Waals surface area contributed by atoms with Crippen LogP contribution >= 0.6 is 15.6 Å². The molecule has 0 saturated carbocycles. The number of ether oxygens (including phenoxy) is 4. The molecule has 0 radical (unpaired) electrons. The van der Waals surface area contributed by atoms with Crippen molar-refractivity contribution in [2.75, 3.05) is 39.6 Å². The number of carbonyl (C=O) groups is 4. The number of unbranched alkanes of at least 4 members (excludes halogenated alkanes) is 37. The normalized spacial score (nSPS) is 14.5. The molecule has 0 heterocycles. The number of carbonyl (C=O) groups excluding carboxylic acids is 4. The van der Waals surface area contributed by atoms with Gasteiger partial charge in [0.1, 0.15) is 19.3 Å². The largest absolute Gasteiger partial charge is 0.472 e. The minimum atomic E-state index is -4.95. The van der Waals surface area contributed by atoms with E-state index in [2.05, 4.69) is 41.5 Å². The Morgan fingerprint density at radius 1 is 0.330 bits per heavy atom. The van der Waals surface area contributed by atoms with E-state index in [1.165, 1.54) is 167 Å². The molecule has 0 aliphatic heterocycles. The van der Waals surface area contributed by atoms with Gasteiger partial charge in [-0.05, 0) is 37.5 Å². The molecule has 0 aromatic carbocycles. The van der Waals surface area contributed by atoms with Gasteiger partial charge in [0, 0.05) is 25.7 Å². The van der Waals surface area contributed by atoms with E-state index in [4.69, 9.17) is 37.0 Å². The molecule has 88 heavy (non-hydrogen) atoms. The van der Waals surface area contributed by atoms with Gasteiger partial charge >= 0.3 is 39.5 Å². The fourth-order valence-corrected chi connectivity index (χ4v) is 12.0. The zero-order valence-corrected chi connectivity index (χ0v) is 58.8. The fourth-order valence-electron chi connectivity index (χ4n) is 10.4. The molecule has 3 N–H and O–H groups in total. The van der Waals surface area contributed by atoms with Gasteiger partial charge in [0.15, 0.2) is 12.2 Å². The molecule has 3 unspecified atom stereocenters. The fraction of sp³-hybridized carbons (Fsp3) is 0.942. The molecule has 0 aliphatic carbocycles. The van der Waals surface area contributed by atoms with Gasteiger partial charge in [-0.25, -0.2) is 9.13 Å². The zero-order valence-electron chi connectivity index (χ0n) is 57.0. The number of esters is 4. The number of rotatable bonds is 68. The highest BCUT2D eigenvalue weighted by Gasteiger charge is 2.30. The molecule has 0 aromatic heterocycles. The molecule has 0 bridgehead atoms. The van der Waals surface area contributed by atoms with Crippen LogP contribution in [0.1, 0.15) is 350 Å². The number of hydrogen-bond donors (Lipinski definition) is 3. The van der Waals surface area contributed by atoms with Crippen LogP contribution in [-0.2, 0) is 65.4 Å². The van der Waals surface area contributed by atoms with Crippen molar-refractivity contribution in [3.8, 4) is 0 Å². The van der Waals surface area contributed by atoms with Crippen molar-refractivity contribution in [2.45, 2.75) is 368 Å². The molecule has 0 rings (SSSR count). The standard InChI is InChI=1S/C69H134O17P2/c1-7-10-12-14-16-18-19-20-21-22-23-29-35-41-47-53-68(73)85-64(57-80-67(72)52-46-40-34-28-25-24-27-32-38-44-50-62(6)9-3)59-83-87(75,76)81-55-63(70)56-82-88(77,78)84-60-65(58-79-66(71)51-45-39-33-26-17-15-13-11-8-2)86-69(74)54-48-42-36-30-31-37-43-49-61(4)5/h61-65,70H,7-60H2,1-6H3,(H,75,76)(H,77,78)/t62?,63-,64-,65-/m1/s1. The van der Waals surface area contributed by atoms with Gasteiger partial charge in [0.25, 0.3) is 0 Å². The van der Waals surface area contributed by atoms with E-state index in [0.717, 1.165) is 95.8 Å². The van der Waals surface area contributed by atoms with Crippen molar-refractivity contribution < 1.29 is 80.2 Å². The maximum absolute atomic E-state index is 13.0. The summed E-state index contributed by atoms with van der Waals surface area (Å²) in [5.74, 6) is -0.622. The number of hydrogen-bond acceptors (Lipinski definition) is 15. The molecule has 0 amide bonds. The summed E-state index contributed by atoms with van der Waals surface area (Å²) in [6, 6.07) is 0. The first-order valence-corrected chi connectivity index (χ1v) is 39.0. The Bertz CT molecular complexity index is 1720. The molecular weight excluding hydrogens is 1160 g/mol. The molecule has 19 heteroatoms. The first-order valence-electron chi connectivity index (χ1n) is 36.0. The van der Waals surface area contributed by atoms with Crippen molar-refractivity contribution >= 4 is 39.5 Å². The highest BCUT2D eigenvalue weighted by molar-refractivity contribution is 7.47. The van der Waals surface area contributed by atoms with Crippen molar-refractivity contribution in [2.24, 2.45) is 11.8 Å². The molecule has 0 aliphatic rings. The zero-order chi connectivity index (χ0) is 65.0. The van der Waals surface area contributed by atoms with Gasteiger partial charge < -0.3 is 33.8 Å². The highest BCUT2D eigenvalue weighted by atomic mass is 31.2. The lowest BCUT2D eigenvalue weighted by Crippen LogP contribution is -2.30. The van der Waals surface area contributed by atoms with Crippen LogP contribution in [0.2, 0.25) is 0 Å². The third-order valence-electron chi connectivity index (χ3n) is 16.3. The third kappa shape index (κ3) is 61.6. The van der Waals surface area contributed by atoms with E-state index in [1.807, 2.05) is 0 Å². The molecule has 0 spiro atoms. The topological polar surface area (TPSA) is 237 Å². The van der Waals surface area contributed by atoms with Crippen LogP contribution in [0.4, 0.5) is 0 Å². The molecule has 0 fully saturated rings. The summed E-state index contributed by atoms with van der Waals surface area (Å²) in [6.45, 7) is 9.49. The molecule has 0 saturated heterocycles. The Balaban J connectivity index is 5.24. The quantitative estimate of drug-likeness (QED) is 0.0222. The van der Waals surface area contributed by atoms with Crippen LogP contribution < -0.4 is 0 Å². The van der Waals surface area contributed by atoms with Crippen molar-refractivity contribution in [1.82, 2.24) is 0 Å². The lowest BCUT2D eigenvalue weighted by Gasteiger charge is -2.21. The summed E-state index contributed by atoms with van der Waals surface area (Å²) < 4.78 is 68.2. The molecule has 6 atom stereocenters. The SMILES string of the molecule is CCCCCCCCCCCCCCCCCC(=O)O[C@H](COC(=O)CCCCCCCCCCCCC(C)CC)COP(=O)(O)OC[C@@H](O)COP(=O)(O)OC[C@@H](COC(=O)CCCCCCCCCCC)OC(=O)CCCCCCCCCC(C)C. The van der Waals surface area contributed by atoms with Crippen LogP contribution in [0.25, 0.3) is 0 Å². The summed E-state index contributed by atoms with van der Waals surface area (Å²) in [5, 5.41) is 10.6. The third-order valence-corrected chi connectivity index (χ3v) is 18.2. The maximum atomic E-state index is 13.0.